The van der Waals surface area contributed by atoms with Crippen molar-refractivity contribution in [3.8, 4) is 6.07 Å². The summed E-state index contributed by atoms with van der Waals surface area (Å²) in [5.41, 5.74) is 0.593. The maximum Gasteiger partial charge on any atom is 0.498 e. The number of aliphatic carboxylic acids is 1. The van der Waals surface area contributed by atoms with Crippen LogP contribution >= 0.6 is 0 Å². The average molecular weight is 333 g/mol. The molecular weight excluding hydrogens is 309 g/mol. The summed E-state index contributed by atoms with van der Waals surface area (Å²) in [4.78, 5) is 10.5. The molecule has 0 bridgehead atoms. The van der Waals surface area contributed by atoms with E-state index in [9.17, 15) is 4.79 Å². The second-order valence-electron chi connectivity index (χ2n) is 6.66. The van der Waals surface area contributed by atoms with Gasteiger partial charge in [0.05, 0.1) is 30.2 Å². The number of nitrogens with zero attached hydrogens (tertiary/aromatic N) is 3. The Balaban J connectivity index is 0.000000505. The Morgan fingerprint density at radius 3 is 2.33 bits per heavy atom. The first kappa shape index (κ1) is 19.9. The zero-order valence-electron chi connectivity index (χ0n) is 14.9. The standard InChI is InChI=1S/C12H19BN2O4.C4H5N/c1-11(2)12(3,4)19-13(18-11)9-7-14-15(8-9)6-5-10(16)17;1-4(2)3-5/h7-8H,5-6H2,1-4H3,(H,16,17);1H2,2H3. The van der Waals surface area contributed by atoms with Gasteiger partial charge < -0.3 is 14.4 Å². The summed E-state index contributed by atoms with van der Waals surface area (Å²) in [7, 11) is -0.455. The summed E-state index contributed by atoms with van der Waals surface area (Å²) in [6.45, 7) is 13.3. The highest BCUT2D eigenvalue weighted by molar-refractivity contribution is 6.61. The summed E-state index contributed by atoms with van der Waals surface area (Å²) >= 11 is 0. The van der Waals surface area contributed by atoms with Crippen LogP contribution in [0, 0.1) is 11.3 Å². The number of aromatic nitrogens is 2. The van der Waals surface area contributed by atoms with E-state index in [1.54, 1.807) is 24.0 Å². The van der Waals surface area contributed by atoms with Crippen LogP contribution in [0.2, 0.25) is 0 Å². The molecule has 0 radical (unpaired) electrons. The van der Waals surface area contributed by atoms with Crippen molar-refractivity contribution in [2.24, 2.45) is 0 Å². The number of carboxylic acid groups (broad SMARTS) is 1. The molecule has 8 heteroatoms. The van der Waals surface area contributed by atoms with Gasteiger partial charge in [-0.05, 0) is 34.6 Å². The van der Waals surface area contributed by atoms with Gasteiger partial charge in [0.1, 0.15) is 0 Å². The van der Waals surface area contributed by atoms with E-state index in [4.69, 9.17) is 19.7 Å². The van der Waals surface area contributed by atoms with Gasteiger partial charge in [0.25, 0.3) is 0 Å². The molecule has 0 spiro atoms. The highest BCUT2D eigenvalue weighted by atomic mass is 16.7. The van der Waals surface area contributed by atoms with E-state index in [-0.39, 0.29) is 17.6 Å². The third-order valence-corrected chi connectivity index (χ3v) is 3.92. The van der Waals surface area contributed by atoms with Crippen molar-refractivity contribution in [2.75, 3.05) is 0 Å². The van der Waals surface area contributed by atoms with E-state index in [0.717, 1.165) is 5.46 Å². The first-order chi connectivity index (χ1) is 11.0. The molecule has 2 heterocycles. The highest BCUT2D eigenvalue weighted by Gasteiger charge is 2.52. The van der Waals surface area contributed by atoms with Crippen LogP contribution in [-0.2, 0) is 20.6 Å². The number of hydrogen-bond donors (Lipinski definition) is 1. The number of carboxylic acids is 1. The minimum Gasteiger partial charge on any atom is -0.481 e. The van der Waals surface area contributed by atoms with Crippen molar-refractivity contribution in [1.29, 1.82) is 5.26 Å². The molecule has 1 aliphatic rings. The topological polar surface area (TPSA) is 97.4 Å². The maximum atomic E-state index is 10.5. The van der Waals surface area contributed by atoms with Gasteiger partial charge in [-0.15, -0.1) is 0 Å². The Hall–Kier alpha value is -2.11. The molecule has 0 atom stereocenters. The number of allylic oxidation sites excluding steroid dienone is 1. The van der Waals surface area contributed by atoms with Crippen molar-refractivity contribution in [3.05, 3.63) is 24.5 Å². The molecule has 1 fully saturated rings. The Labute approximate surface area is 143 Å². The zero-order valence-corrected chi connectivity index (χ0v) is 14.9. The molecule has 0 aliphatic carbocycles. The summed E-state index contributed by atoms with van der Waals surface area (Å²) in [6, 6.07) is 1.83. The molecule has 130 valence electrons. The molecule has 0 amide bonds. The smallest absolute Gasteiger partial charge is 0.481 e. The Morgan fingerprint density at radius 1 is 1.42 bits per heavy atom. The molecule has 2 rings (SSSR count). The predicted octanol–water partition coefficient (Wildman–Crippen LogP) is 1.74. The Bertz CT molecular complexity index is 630. The van der Waals surface area contributed by atoms with Gasteiger partial charge in [-0.3, -0.25) is 9.48 Å². The van der Waals surface area contributed by atoms with Gasteiger partial charge in [0, 0.05) is 23.4 Å². The Kier molecular flexibility index (Phi) is 6.35. The predicted molar refractivity (Wildman–Crippen MR) is 90.6 cm³/mol. The van der Waals surface area contributed by atoms with Crippen LogP contribution in [-0.4, -0.2) is 39.2 Å². The second-order valence-corrected chi connectivity index (χ2v) is 6.66. The second kappa shape index (κ2) is 7.64. The third kappa shape index (κ3) is 5.22. The molecule has 24 heavy (non-hydrogen) atoms. The lowest BCUT2D eigenvalue weighted by Gasteiger charge is -2.32. The lowest BCUT2D eigenvalue weighted by atomic mass is 9.82. The van der Waals surface area contributed by atoms with Gasteiger partial charge in [-0.25, -0.2) is 0 Å². The zero-order chi connectivity index (χ0) is 18.5. The summed E-state index contributed by atoms with van der Waals surface area (Å²) < 4.78 is 13.4. The van der Waals surface area contributed by atoms with Crippen molar-refractivity contribution >= 4 is 18.6 Å². The molecule has 1 aromatic heterocycles. The monoisotopic (exact) mass is 333 g/mol. The fourth-order valence-electron chi connectivity index (χ4n) is 1.81. The lowest BCUT2D eigenvalue weighted by molar-refractivity contribution is -0.137. The van der Waals surface area contributed by atoms with E-state index < -0.39 is 13.1 Å². The summed E-state index contributed by atoms with van der Waals surface area (Å²) in [5.74, 6) is -0.840. The number of nitriles is 1. The van der Waals surface area contributed by atoms with E-state index >= 15 is 0 Å². The van der Waals surface area contributed by atoms with Gasteiger partial charge in [0.2, 0.25) is 0 Å². The first-order valence-corrected chi connectivity index (χ1v) is 7.64. The number of aryl methyl sites for hydroxylation is 1. The van der Waals surface area contributed by atoms with Gasteiger partial charge in [-0.1, -0.05) is 6.58 Å². The largest absolute Gasteiger partial charge is 0.498 e. The van der Waals surface area contributed by atoms with Gasteiger partial charge in [0.15, 0.2) is 0 Å². The van der Waals surface area contributed by atoms with Crippen molar-refractivity contribution in [2.45, 2.75) is 58.8 Å². The van der Waals surface area contributed by atoms with E-state index in [0.29, 0.717) is 12.1 Å². The fourth-order valence-corrected chi connectivity index (χ4v) is 1.81. The van der Waals surface area contributed by atoms with Crippen LogP contribution < -0.4 is 5.46 Å². The SMILES string of the molecule is C=C(C)C#N.CC1(C)OB(c2cnn(CCC(=O)O)c2)OC1(C)C. The van der Waals surface area contributed by atoms with Crippen LogP contribution in [0.25, 0.3) is 0 Å². The number of carbonyl (C=O) groups is 1. The van der Waals surface area contributed by atoms with Crippen LogP contribution in [0.1, 0.15) is 41.0 Å². The number of rotatable bonds is 4. The van der Waals surface area contributed by atoms with E-state index in [1.807, 2.05) is 33.8 Å². The van der Waals surface area contributed by atoms with Crippen molar-refractivity contribution < 1.29 is 19.2 Å². The van der Waals surface area contributed by atoms with Crippen molar-refractivity contribution in [1.82, 2.24) is 9.78 Å². The minimum atomic E-state index is -0.840. The maximum absolute atomic E-state index is 10.5. The fraction of sp³-hybridized carbons (Fsp3) is 0.562. The molecule has 7 nitrogen and oxygen atoms in total. The highest BCUT2D eigenvalue weighted by Crippen LogP contribution is 2.36. The molecule has 1 aromatic rings. The molecule has 0 saturated carbocycles. The first-order valence-electron chi connectivity index (χ1n) is 7.64. The van der Waals surface area contributed by atoms with Gasteiger partial charge in [-0.2, -0.15) is 10.4 Å². The third-order valence-electron chi connectivity index (χ3n) is 3.92. The van der Waals surface area contributed by atoms with E-state index in [2.05, 4.69) is 11.7 Å². The van der Waals surface area contributed by atoms with Crippen LogP contribution in [0.4, 0.5) is 0 Å². The quantitative estimate of drug-likeness (QED) is 0.666. The van der Waals surface area contributed by atoms with Gasteiger partial charge >= 0.3 is 13.1 Å². The van der Waals surface area contributed by atoms with Crippen molar-refractivity contribution in [3.63, 3.8) is 0 Å². The van der Waals surface area contributed by atoms with E-state index in [1.165, 1.54) is 0 Å². The molecule has 1 aliphatic heterocycles. The molecular formula is C16H24BN3O4. The molecule has 0 aromatic carbocycles. The molecule has 0 unspecified atom stereocenters. The minimum absolute atomic E-state index is 0.0461. The summed E-state index contributed by atoms with van der Waals surface area (Å²) in [5, 5.41) is 20.6. The summed E-state index contributed by atoms with van der Waals surface area (Å²) in [6.07, 6.45) is 3.47. The lowest BCUT2D eigenvalue weighted by Crippen LogP contribution is -2.41. The normalized spacial score (nSPS) is 17.6. The average Bonchev–Trinajstić information content (AvgIpc) is 3.00. The molecule has 1 saturated heterocycles. The van der Waals surface area contributed by atoms with Crippen LogP contribution in [0.5, 0.6) is 0 Å². The van der Waals surface area contributed by atoms with Crippen LogP contribution in [0.15, 0.2) is 24.5 Å². The van der Waals surface area contributed by atoms with Crippen LogP contribution in [0.3, 0.4) is 0 Å². The Morgan fingerprint density at radius 2 is 1.92 bits per heavy atom. The number of hydrogen-bond acceptors (Lipinski definition) is 5. The molecule has 1 N–H and O–H groups in total.